The second-order valence-corrected chi connectivity index (χ2v) is 2.48. The van der Waals surface area contributed by atoms with E-state index < -0.39 is 5.97 Å². The van der Waals surface area contributed by atoms with Gasteiger partial charge in [-0.1, -0.05) is 11.2 Å². The van der Waals surface area contributed by atoms with Crippen LogP contribution in [0.2, 0.25) is 0 Å². The van der Waals surface area contributed by atoms with Crippen molar-refractivity contribution >= 4 is 11.7 Å². The van der Waals surface area contributed by atoms with Gasteiger partial charge in [-0.05, 0) is 12.1 Å². The van der Waals surface area contributed by atoms with Gasteiger partial charge in [0.05, 0.1) is 0 Å². The minimum atomic E-state index is -0.720. The summed E-state index contributed by atoms with van der Waals surface area (Å²) in [5, 5.41) is 0. The summed E-state index contributed by atoms with van der Waals surface area (Å²) in [4.78, 5) is 20.4. The van der Waals surface area contributed by atoms with Crippen LogP contribution < -0.4 is 33.4 Å². The number of hydrazine groups is 2. The Bertz CT molecular complexity index is 356. The predicted molar refractivity (Wildman–Crippen MR) is 51.5 cm³/mol. The fourth-order valence-corrected chi connectivity index (χ4v) is 0.964. The molecule has 8 heteroatoms. The Balaban J connectivity index is 2.99. The zero-order chi connectivity index (χ0) is 11.3. The quantitative estimate of drug-likeness (QED) is 0.233. The van der Waals surface area contributed by atoms with Crippen LogP contribution in [0.5, 0.6) is 5.75 Å². The molecule has 82 valence electrons. The van der Waals surface area contributed by atoms with Crippen molar-refractivity contribution in [3.05, 3.63) is 23.8 Å². The Kier molecular flexibility index (Phi) is 3.83. The molecule has 0 aromatic heterocycles. The number of anilines is 1. The van der Waals surface area contributed by atoms with Gasteiger partial charge in [-0.25, -0.2) is 16.5 Å². The summed E-state index contributed by atoms with van der Waals surface area (Å²) in [5.74, 6) is 9.19. The van der Waals surface area contributed by atoms with E-state index in [-0.39, 0.29) is 11.3 Å². The molecule has 1 aromatic rings. The molecule has 0 radical (unpaired) electrons. The van der Waals surface area contributed by atoms with Crippen LogP contribution in [0.25, 0.3) is 0 Å². The van der Waals surface area contributed by atoms with E-state index in [1.54, 1.807) is 5.59 Å². The lowest BCUT2D eigenvalue weighted by atomic mass is 10.2. The number of nitrogens with two attached hydrogens (primary N) is 3. The highest BCUT2D eigenvalue weighted by Crippen LogP contribution is 2.21. The van der Waals surface area contributed by atoms with E-state index in [1.807, 2.05) is 5.59 Å². The molecule has 15 heavy (non-hydrogen) atoms. The molecule has 1 aromatic carbocycles. The second-order valence-electron chi connectivity index (χ2n) is 2.48. The summed E-state index contributed by atoms with van der Waals surface area (Å²) < 4.78 is 0. The van der Waals surface area contributed by atoms with Gasteiger partial charge in [0, 0.05) is 11.8 Å². The van der Waals surface area contributed by atoms with Crippen molar-refractivity contribution in [3.63, 3.8) is 0 Å². The van der Waals surface area contributed by atoms with Crippen LogP contribution in [0, 0.1) is 0 Å². The maximum atomic E-state index is 11.3. The highest BCUT2D eigenvalue weighted by Gasteiger charge is 2.14. The molecule has 0 bridgehead atoms. The molecule has 8 N–H and O–H groups in total. The van der Waals surface area contributed by atoms with Crippen molar-refractivity contribution in [1.82, 2.24) is 11.2 Å². The highest BCUT2D eigenvalue weighted by atomic mass is 16.7. The number of carbonyl (C=O) groups excluding carboxylic acids is 1. The fraction of sp³-hybridized carbons (Fsp3) is 0. The van der Waals surface area contributed by atoms with Crippen molar-refractivity contribution in [2.24, 2.45) is 11.7 Å². The van der Waals surface area contributed by atoms with E-state index in [2.05, 4.69) is 4.84 Å². The molecular formula is C7H11N5O3. The van der Waals surface area contributed by atoms with E-state index >= 15 is 0 Å². The molecule has 0 aliphatic rings. The molecule has 1 rings (SSSR count). The van der Waals surface area contributed by atoms with Crippen LogP contribution in [0.4, 0.5) is 5.69 Å². The van der Waals surface area contributed by atoms with Gasteiger partial charge in [-0.15, -0.1) is 0 Å². The summed E-state index contributed by atoms with van der Waals surface area (Å²) in [6.45, 7) is 0. The van der Waals surface area contributed by atoms with Gasteiger partial charge in [0.2, 0.25) is 0 Å². The van der Waals surface area contributed by atoms with E-state index in [4.69, 9.17) is 22.3 Å². The largest absolute Gasteiger partial charge is 0.399 e. The van der Waals surface area contributed by atoms with Crippen LogP contribution >= 0.6 is 0 Å². The maximum Gasteiger partial charge on any atom is 0.361 e. The Morgan fingerprint density at radius 1 is 1.27 bits per heavy atom. The number of carbonyl (C=O) groups is 1. The Morgan fingerprint density at radius 2 is 2.00 bits per heavy atom. The van der Waals surface area contributed by atoms with Crippen molar-refractivity contribution in [2.45, 2.75) is 0 Å². The summed E-state index contributed by atoms with van der Waals surface area (Å²) in [6.07, 6.45) is 0. The number of nitrogens with one attached hydrogen (secondary N) is 2. The third-order valence-corrected chi connectivity index (χ3v) is 1.55. The molecule has 0 fully saturated rings. The lowest BCUT2D eigenvalue weighted by Gasteiger charge is -2.08. The highest BCUT2D eigenvalue weighted by molar-refractivity contribution is 5.92. The van der Waals surface area contributed by atoms with Gasteiger partial charge in [0.1, 0.15) is 5.56 Å². The molecule has 0 unspecified atom stereocenters. The molecule has 0 atom stereocenters. The second kappa shape index (κ2) is 5.12. The minimum Gasteiger partial charge on any atom is -0.399 e. The first-order chi connectivity index (χ1) is 7.19. The van der Waals surface area contributed by atoms with E-state index in [9.17, 15) is 4.79 Å². The standard InChI is InChI=1S/C7H11N5O3/c8-4-1-2-5(7(13)15-12-10)6(3-4)14-11-9/h1-3,11-12H,8-10H2. The third kappa shape index (κ3) is 2.79. The number of rotatable bonds is 4. The normalized spacial score (nSPS) is 9.73. The van der Waals surface area contributed by atoms with Gasteiger partial charge in [0.15, 0.2) is 5.75 Å². The fourth-order valence-electron chi connectivity index (χ4n) is 0.964. The zero-order valence-corrected chi connectivity index (χ0v) is 7.69. The van der Waals surface area contributed by atoms with Crippen LogP contribution in [0.1, 0.15) is 10.4 Å². The lowest BCUT2D eigenvalue weighted by molar-refractivity contribution is 0.0247. The maximum absolute atomic E-state index is 11.3. The summed E-state index contributed by atoms with van der Waals surface area (Å²) in [6, 6.07) is 4.34. The van der Waals surface area contributed by atoms with Gasteiger partial charge in [-0.2, -0.15) is 0 Å². The smallest absolute Gasteiger partial charge is 0.361 e. The molecule has 0 aliphatic heterocycles. The number of benzene rings is 1. The molecule has 0 heterocycles. The summed E-state index contributed by atoms with van der Waals surface area (Å²) in [7, 11) is 0. The predicted octanol–water partition coefficient (Wildman–Crippen LogP) is -1.44. The average Bonchev–Trinajstić information content (AvgIpc) is 2.18. The van der Waals surface area contributed by atoms with E-state index in [0.29, 0.717) is 5.69 Å². The SMILES string of the molecule is NNOC(=O)c1ccc(N)cc1ONN. The van der Waals surface area contributed by atoms with Crippen LogP contribution in [-0.2, 0) is 4.84 Å². The molecule has 0 spiro atoms. The Hall–Kier alpha value is -1.87. The lowest BCUT2D eigenvalue weighted by Crippen LogP contribution is -2.29. The van der Waals surface area contributed by atoms with Crippen LogP contribution in [-0.4, -0.2) is 5.97 Å². The zero-order valence-electron chi connectivity index (χ0n) is 7.69. The number of hydrogen-bond acceptors (Lipinski definition) is 8. The molecule has 0 saturated heterocycles. The first kappa shape index (κ1) is 11.2. The van der Waals surface area contributed by atoms with Gasteiger partial charge < -0.3 is 15.4 Å². The number of hydrogen-bond donors (Lipinski definition) is 5. The molecule has 0 aliphatic carbocycles. The van der Waals surface area contributed by atoms with Crippen molar-refractivity contribution in [2.75, 3.05) is 5.73 Å². The first-order valence-corrected chi connectivity index (χ1v) is 3.87. The number of nitrogen functional groups attached to an aromatic ring is 1. The third-order valence-electron chi connectivity index (χ3n) is 1.55. The monoisotopic (exact) mass is 213 g/mol. The van der Waals surface area contributed by atoms with Gasteiger partial charge in [0.25, 0.3) is 0 Å². The molecule has 0 amide bonds. The molecule has 8 nitrogen and oxygen atoms in total. The first-order valence-electron chi connectivity index (χ1n) is 3.87. The average molecular weight is 213 g/mol. The Labute approximate surface area is 85.2 Å². The topological polar surface area (TPSA) is 138 Å². The summed E-state index contributed by atoms with van der Waals surface area (Å²) >= 11 is 0. The van der Waals surface area contributed by atoms with Gasteiger partial charge >= 0.3 is 5.97 Å². The van der Waals surface area contributed by atoms with E-state index in [0.717, 1.165) is 0 Å². The van der Waals surface area contributed by atoms with Gasteiger partial charge in [-0.3, -0.25) is 0 Å². The van der Waals surface area contributed by atoms with Crippen molar-refractivity contribution in [3.8, 4) is 5.75 Å². The van der Waals surface area contributed by atoms with Crippen LogP contribution in [0.3, 0.4) is 0 Å². The van der Waals surface area contributed by atoms with Crippen LogP contribution in [0.15, 0.2) is 18.2 Å². The summed E-state index contributed by atoms with van der Waals surface area (Å²) in [5.41, 5.74) is 9.73. The minimum absolute atomic E-state index is 0.125. The molecule has 0 saturated carbocycles. The van der Waals surface area contributed by atoms with Crippen molar-refractivity contribution in [1.29, 1.82) is 0 Å². The van der Waals surface area contributed by atoms with Crippen molar-refractivity contribution < 1.29 is 14.5 Å². The molecular weight excluding hydrogens is 202 g/mol. The Morgan fingerprint density at radius 3 is 2.60 bits per heavy atom. The van der Waals surface area contributed by atoms with E-state index in [1.165, 1.54) is 18.2 Å².